The van der Waals surface area contributed by atoms with Crippen molar-refractivity contribution in [3.8, 4) is 0 Å². The molecule has 0 spiro atoms. The maximum Gasteiger partial charge on any atom is 0.266 e. The largest absolute Gasteiger partial charge is 0.394 e. The lowest BCUT2D eigenvalue weighted by molar-refractivity contribution is -0.124. The number of hydrogen-bond donors (Lipinski definition) is 2. The fourth-order valence-electron chi connectivity index (χ4n) is 2.95. The summed E-state index contributed by atoms with van der Waals surface area (Å²) in [6.07, 6.45) is 3.21. The van der Waals surface area contributed by atoms with E-state index in [0.717, 1.165) is 10.4 Å². The average molecular weight is 447 g/mol. The lowest BCUT2D eigenvalue weighted by Crippen LogP contribution is -2.39. The number of thiocarbonyl (C=S) groups is 1. The number of nitrogens with one attached hydrogen (secondary N) is 1. The lowest BCUT2D eigenvalue weighted by atomic mass is 10.1. The Morgan fingerprint density at radius 1 is 1.24 bits per heavy atom. The number of aliphatic hydroxyl groups excluding tert-OH is 1. The van der Waals surface area contributed by atoms with Crippen LogP contribution in [0.2, 0.25) is 0 Å². The molecule has 1 saturated heterocycles. The normalized spacial score (nSPS) is 16.4. The first-order valence-electron chi connectivity index (χ1n) is 9.30. The number of thioether (sulfide) groups is 1. The summed E-state index contributed by atoms with van der Waals surface area (Å²) in [5, 5.41) is 14.4. The Hall–Kier alpha value is -2.00. The zero-order valence-corrected chi connectivity index (χ0v) is 18.2. The van der Waals surface area contributed by atoms with Crippen LogP contribution in [0.15, 0.2) is 52.7 Å². The number of carbonyl (C=O) groups excluding carboxylic acids is 2. The molecule has 1 aliphatic rings. The van der Waals surface area contributed by atoms with E-state index in [2.05, 4.69) is 5.32 Å². The van der Waals surface area contributed by atoms with Crippen molar-refractivity contribution in [2.75, 3.05) is 13.2 Å². The summed E-state index contributed by atoms with van der Waals surface area (Å²) in [4.78, 5) is 28.0. The fourth-order valence-corrected chi connectivity index (χ4v) is 4.98. The SMILES string of the molecule is O=C(CCCN1C(=O)C(=Cc2cccs2)SC1=S)N[C@@H](CO)Cc1ccccc1. The van der Waals surface area contributed by atoms with Crippen LogP contribution < -0.4 is 5.32 Å². The summed E-state index contributed by atoms with van der Waals surface area (Å²) in [5.74, 6) is -0.245. The molecule has 1 atom stereocenters. The Morgan fingerprint density at radius 3 is 2.72 bits per heavy atom. The van der Waals surface area contributed by atoms with E-state index in [9.17, 15) is 14.7 Å². The van der Waals surface area contributed by atoms with Crippen LogP contribution in [0.1, 0.15) is 23.3 Å². The molecule has 0 radical (unpaired) electrons. The molecule has 29 heavy (non-hydrogen) atoms. The predicted octanol–water partition coefficient (Wildman–Crippen LogP) is 3.45. The minimum Gasteiger partial charge on any atom is -0.394 e. The van der Waals surface area contributed by atoms with Crippen molar-refractivity contribution in [1.82, 2.24) is 10.2 Å². The molecule has 3 rings (SSSR count). The van der Waals surface area contributed by atoms with Crippen molar-refractivity contribution >= 4 is 57.5 Å². The highest BCUT2D eigenvalue weighted by atomic mass is 32.2. The second kappa shape index (κ2) is 10.7. The number of carbonyl (C=O) groups is 2. The second-order valence-corrected chi connectivity index (χ2v) is 9.24. The predicted molar refractivity (Wildman–Crippen MR) is 123 cm³/mol. The van der Waals surface area contributed by atoms with E-state index in [1.54, 1.807) is 16.2 Å². The summed E-state index contributed by atoms with van der Waals surface area (Å²) in [6.45, 7) is 0.283. The summed E-state index contributed by atoms with van der Waals surface area (Å²) < 4.78 is 0.524. The van der Waals surface area contributed by atoms with Crippen LogP contribution >= 0.6 is 35.3 Å². The highest BCUT2D eigenvalue weighted by Gasteiger charge is 2.31. The number of benzene rings is 1. The molecule has 2 N–H and O–H groups in total. The minimum atomic E-state index is -0.324. The molecule has 2 aromatic rings. The highest BCUT2D eigenvalue weighted by molar-refractivity contribution is 8.26. The van der Waals surface area contributed by atoms with Crippen molar-refractivity contribution in [3.63, 3.8) is 0 Å². The van der Waals surface area contributed by atoms with E-state index in [4.69, 9.17) is 12.2 Å². The van der Waals surface area contributed by atoms with Crippen LogP contribution in [0.25, 0.3) is 6.08 Å². The minimum absolute atomic E-state index is 0.105. The smallest absolute Gasteiger partial charge is 0.266 e. The van der Waals surface area contributed by atoms with Crippen LogP contribution in [0, 0.1) is 0 Å². The summed E-state index contributed by atoms with van der Waals surface area (Å²) >= 11 is 8.19. The van der Waals surface area contributed by atoms with Gasteiger partial charge in [-0.1, -0.05) is 60.4 Å². The molecule has 2 amide bonds. The molecule has 152 valence electrons. The fraction of sp³-hybridized carbons (Fsp3) is 0.286. The van der Waals surface area contributed by atoms with Gasteiger partial charge in [-0.05, 0) is 35.9 Å². The monoisotopic (exact) mass is 446 g/mol. The van der Waals surface area contributed by atoms with Gasteiger partial charge in [-0.25, -0.2) is 0 Å². The molecule has 0 bridgehead atoms. The van der Waals surface area contributed by atoms with E-state index in [1.807, 2.05) is 53.9 Å². The maximum atomic E-state index is 12.6. The maximum absolute atomic E-state index is 12.6. The standard InChI is InChI=1S/C21H22N2O3S3/c24-14-16(12-15-6-2-1-3-7-15)22-19(25)9-4-10-23-20(26)18(29-21(23)27)13-17-8-5-11-28-17/h1-3,5-8,11,13,16,24H,4,9-10,12,14H2,(H,22,25)/t16-/m1/s1. The van der Waals surface area contributed by atoms with Crippen LogP contribution in [0.4, 0.5) is 0 Å². The molecule has 1 aromatic heterocycles. The van der Waals surface area contributed by atoms with Crippen LogP contribution in [0.3, 0.4) is 0 Å². The van der Waals surface area contributed by atoms with Gasteiger partial charge < -0.3 is 10.4 Å². The number of nitrogens with zero attached hydrogens (tertiary/aromatic N) is 1. The van der Waals surface area contributed by atoms with Gasteiger partial charge >= 0.3 is 0 Å². The third-order valence-electron chi connectivity index (χ3n) is 4.39. The van der Waals surface area contributed by atoms with Crippen molar-refractivity contribution < 1.29 is 14.7 Å². The summed E-state index contributed by atoms with van der Waals surface area (Å²) in [7, 11) is 0. The molecule has 1 fully saturated rings. The van der Waals surface area contributed by atoms with Gasteiger partial charge in [0.1, 0.15) is 4.32 Å². The molecule has 2 heterocycles. The van der Waals surface area contributed by atoms with Gasteiger partial charge in [0.05, 0.1) is 17.6 Å². The lowest BCUT2D eigenvalue weighted by Gasteiger charge is -2.17. The third kappa shape index (κ3) is 6.24. The molecular weight excluding hydrogens is 424 g/mol. The number of thiophene rings is 1. The van der Waals surface area contributed by atoms with E-state index in [1.165, 1.54) is 11.8 Å². The summed E-state index contributed by atoms with van der Waals surface area (Å²) in [5.41, 5.74) is 1.06. The van der Waals surface area contributed by atoms with Gasteiger partial charge in [0, 0.05) is 17.8 Å². The van der Waals surface area contributed by atoms with Crippen LogP contribution in [-0.4, -0.2) is 45.3 Å². The van der Waals surface area contributed by atoms with Crippen molar-refractivity contribution in [1.29, 1.82) is 0 Å². The van der Waals surface area contributed by atoms with E-state index < -0.39 is 0 Å². The topological polar surface area (TPSA) is 69.6 Å². The van der Waals surface area contributed by atoms with Gasteiger partial charge in [-0.3, -0.25) is 14.5 Å². The van der Waals surface area contributed by atoms with Crippen molar-refractivity contribution in [3.05, 3.63) is 63.2 Å². The Bertz CT molecular complexity index is 882. The molecule has 5 nitrogen and oxygen atoms in total. The molecule has 1 aromatic carbocycles. The van der Waals surface area contributed by atoms with Crippen LogP contribution in [-0.2, 0) is 16.0 Å². The molecule has 0 saturated carbocycles. The number of rotatable bonds is 9. The first kappa shape index (κ1) is 21.7. The first-order chi connectivity index (χ1) is 14.1. The third-order valence-corrected chi connectivity index (χ3v) is 6.58. The van der Waals surface area contributed by atoms with Gasteiger partial charge in [0.2, 0.25) is 5.91 Å². The Labute approximate surface area is 183 Å². The van der Waals surface area contributed by atoms with Gasteiger partial charge in [-0.15, -0.1) is 11.3 Å². The average Bonchev–Trinajstić information content (AvgIpc) is 3.32. The Balaban J connectivity index is 1.46. The summed E-state index contributed by atoms with van der Waals surface area (Å²) in [6, 6.07) is 13.3. The molecule has 0 unspecified atom stereocenters. The van der Waals surface area contributed by atoms with E-state index >= 15 is 0 Å². The van der Waals surface area contributed by atoms with Gasteiger partial charge in [-0.2, -0.15) is 0 Å². The Morgan fingerprint density at radius 2 is 2.03 bits per heavy atom. The number of amides is 2. The zero-order valence-electron chi connectivity index (χ0n) is 15.7. The first-order valence-corrected chi connectivity index (χ1v) is 11.4. The van der Waals surface area contributed by atoms with Crippen molar-refractivity contribution in [2.24, 2.45) is 0 Å². The molecule has 0 aliphatic carbocycles. The van der Waals surface area contributed by atoms with E-state index in [-0.39, 0.29) is 30.9 Å². The van der Waals surface area contributed by atoms with Crippen LogP contribution in [0.5, 0.6) is 0 Å². The molecule has 1 aliphatic heterocycles. The second-order valence-electron chi connectivity index (χ2n) is 6.59. The highest BCUT2D eigenvalue weighted by Crippen LogP contribution is 2.33. The van der Waals surface area contributed by atoms with Gasteiger partial charge in [0.25, 0.3) is 5.91 Å². The molecular formula is C21H22N2O3S3. The number of hydrogen-bond acceptors (Lipinski definition) is 6. The quantitative estimate of drug-likeness (QED) is 0.456. The molecule has 8 heteroatoms. The van der Waals surface area contributed by atoms with E-state index in [0.29, 0.717) is 28.6 Å². The Kier molecular flexibility index (Phi) is 8.00. The van der Waals surface area contributed by atoms with Gasteiger partial charge in [0.15, 0.2) is 0 Å². The number of aliphatic hydroxyl groups is 1. The van der Waals surface area contributed by atoms with Crippen molar-refractivity contribution in [2.45, 2.75) is 25.3 Å². The zero-order chi connectivity index (χ0) is 20.6.